The van der Waals surface area contributed by atoms with Gasteiger partial charge in [-0.2, -0.15) is 10.5 Å². The Hall–Kier alpha value is -4.35. The molecule has 2 atom stereocenters. The molecule has 6 rings (SSSR count). The van der Waals surface area contributed by atoms with Gasteiger partial charge in [0, 0.05) is 56.9 Å². The zero-order valence-corrected chi connectivity index (χ0v) is 26.3. The Morgan fingerprint density at radius 3 is 2.64 bits per heavy atom. The van der Waals surface area contributed by atoms with Crippen molar-refractivity contribution >= 4 is 23.0 Å². The summed E-state index contributed by atoms with van der Waals surface area (Å²) in [6.45, 7) is 8.50. The van der Waals surface area contributed by atoms with Crippen molar-refractivity contribution in [1.82, 2.24) is 14.8 Å². The van der Waals surface area contributed by atoms with Gasteiger partial charge < -0.3 is 29.2 Å². The number of hydrogen-bond donors (Lipinski definition) is 0. The highest BCUT2D eigenvalue weighted by Gasteiger charge is 2.36. The number of nitrogens with zero attached hydrogens (tertiary/aromatic N) is 8. The van der Waals surface area contributed by atoms with E-state index in [0.29, 0.717) is 57.2 Å². The van der Waals surface area contributed by atoms with Crippen molar-refractivity contribution in [3.63, 3.8) is 0 Å². The van der Waals surface area contributed by atoms with E-state index in [1.165, 1.54) is 6.08 Å². The maximum atomic E-state index is 14.9. The zero-order valence-electron chi connectivity index (χ0n) is 26.3. The van der Waals surface area contributed by atoms with Gasteiger partial charge in [0.25, 0.3) is 0 Å². The fourth-order valence-corrected chi connectivity index (χ4v) is 7.53. The molecule has 236 valence electrons. The van der Waals surface area contributed by atoms with E-state index in [9.17, 15) is 19.7 Å². The Bertz CT molecular complexity index is 1560. The second-order valence-corrected chi connectivity index (χ2v) is 12.6. The molecule has 0 unspecified atom stereocenters. The summed E-state index contributed by atoms with van der Waals surface area (Å²) >= 11 is 0. The molecule has 2 fully saturated rings. The van der Waals surface area contributed by atoms with E-state index in [0.717, 1.165) is 72.7 Å². The summed E-state index contributed by atoms with van der Waals surface area (Å²) in [5.74, 6) is -0.0291. The van der Waals surface area contributed by atoms with Crippen LogP contribution in [0, 0.1) is 28.5 Å². The average molecular weight is 613 g/mol. The van der Waals surface area contributed by atoms with Gasteiger partial charge in [0.05, 0.1) is 47.8 Å². The Morgan fingerprint density at radius 2 is 1.91 bits per heavy atom. The van der Waals surface area contributed by atoms with Gasteiger partial charge >= 0.3 is 0 Å². The highest BCUT2D eigenvalue weighted by atomic mass is 19.1. The first kappa shape index (κ1) is 30.7. The Balaban J connectivity index is 1.39. The number of fused-ring (bicyclic) bond motifs is 2. The van der Waals surface area contributed by atoms with Crippen LogP contribution in [0.15, 0.2) is 24.8 Å². The van der Waals surface area contributed by atoms with Crippen molar-refractivity contribution in [1.29, 1.82) is 10.5 Å². The molecule has 2 saturated heterocycles. The number of piperazine rings is 1. The van der Waals surface area contributed by atoms with Gasteiger partial charge in [-0.15, -0.1) is 0 Å². The van der Waals surface area contributed by atoms with Crippen LogP contribution in [0.1, 0.15) is 48.1 Å². The number of likely N-dealkylation sites (N-methyl/N-ethyl adjacent to an activating group) is 1. The van der Waals surface area contributed by atoms with Gasteiger partial charge in [-0.05, 0) is 63.9 Å². The minimum Gasteiger partial charge on any atom is -0.475 e. The minimum atomic E-state index is -0.331. The predicted molar refractivity (Wildman–Crippen MR) is 171 cm³/mol. The van der Waals surface area contributed by atoms with E-state index in [2.05, 4.69) is 45.4 Å². The lowest BCUT2D eigenvalue weighted by atomic mass is 9.95. The van der Waals surface area contributed by atoms with E-state index in [-0.39, 0.29) is 30.2 Å². The first-order chi connectivity index (χ1) is 21.8. The zero-order chi connectivity index (χ0) is 31.7. The molecular formula is C34H41FN8O2. The topological polar surface area (TPSA) is 103 Å². The number of carbonyl (C=O) groups is 1. The molecule has 2 aromatic rings. The Labute approximate surface area is 264 Å². The number of likely N-dealkylation sites (tertiary alicyclic amines) is 1. The monoisotopic (exact) mass is 612 g/mol. The fraction of sp³-hybridized carbons (Fsp3) is 0.529. The van der Waals surface area contributed by atoms with Crippen LogP contribution >= 0.6 is 0 Å². The van der Waals surface area contributed by atoms with Crippen LogP contribution in [0.2, 0.25) is 0 Å². The molecule has 4 aliphatic heterocycles. The first-order valence-electron chi connectivity index (χ1n) is 16.0. The minimum absolute atomic E-state index is 0.162. The number of aromatic nitrogens is 1. The third-order valence-corrected chi connectivity index (χ3v) is 9.92. The smallest absolute Gasteiger partial charge is 0.246 e. The van der Waals surface area contributed by atoms with Gasteiger partial charge in [-0.3, -0.25) is 4.79 Å². The molecule has 0 saturated carbocycles. The maximum Gasteiger partial charge on any atom is 0.246 e. The highest BCUT2D eigenvalue weighted by Crippen LogP contribution is 2.42. The molecule has 1 amide bonds. The van der Waals surface area contributed by atoms with Gasteiger partial charge in [0.1, 0.15) is 24.1 Å². The second-order valence-electron chi connectivity index (χ2n) is 12.6. The molecular weight excluding hydrogens is 571 g/mol. The largest absolute Gasteiger partial charge is 0.475 e. The first-order valence-corrected chi connectivity index (χ1v) is 16.0. The van der Waals surface area contributed by atoms with Crippen molar-refractivity contribution in [3.8, 4) is 18.0 Å². The summed E-state index contributed by atoms with van der Waals surface area (Å²) < 4.78 is 21.3. The van der Waals surface area contributed by atoms with E-state index in [1.807, 2.05) is 13.1 Å². The molecule has 45 heavy (non-hydrogen) atoms. The predicted octanol–water partition coefficient (Wildman–Crippen LogP) is 3.63. The summed E-state index contributed by atoms with van der Waals surface area (Å²) in [6.07, 6.45) is 5.89. The lowest BCUT2D eigenvalue weighted by Crippen LogP contribution is -2.55. The molecule has 0 N–H and O–H groups in total. The summed E-state index contributed by atoms with van der Waals surface area (Å²) in [5.41, 5.74) is 5.74. The number of hydrogen-bond acceptors (Lipinski definition) is 9. The van der Waals surface area contributed by atoms with Crippen LogP contribution in [0.25, 0.3) is 0 Å². The summed E-state index contributed by atoms with van der Waals surface area (Å²) in [7, 11) is 4.12. The third-order valence-electron chi connectivity index (χ3n) is 9.92. The van der Waals surface area contributed by atoms with Crippen LogP contribution in [-0.4, -0.2) is 92.7 Å². The van der Waals surface area contributed by atoms with Crippen molar-refractivity contribution in [2.24, 2.45) is 0 Å². The van der Waals surface area contributed by atoms with E-state index >= 15 is 0 Å². The average Bonchev–Trinajstić information content (AvgIpc) is 3.47. The molecule has 4 aliphatic rings. The van der Waals surface area contributed by atoms with Crippen LogP contribution < -0.4 is 19.4 Å². The van der Waals surface area contributed by atoms with Crippen molar-refractivity contribution < 1.29 is 13.9 Å². The van der Waals surface area contributed by atoms with Gasteiger partial charge in [0.2, 0.25) is 11.8 Å². The normalized spacial score (nSPS) is 21.5. The number of amides is 1. The molecule has 0 radical (unpaired) electrons. The summed E-state index contributed by atoms with van der Waals surface area (Å²) in [4.78, 5) is 28.2. The van der Waals surface area contributed by atoms with Gasteiger partial charge in [0.15, 0.2) is 0 Å². The molecule has 0 bridgehead atoms. The van der Waals surface area contributed by atoms with Crippen LogP contribution in [0.5, 0.6) is 5.88 Å². The molecule has 0 spiro atoms. The number of anilines is 3. The molecule has 11 heteroatoms. The van der Waals surface area contributed by atoms with Crippen molar-refractivity contribution in [3.05, 3.63) is 53.0 Å². The number of halogens is 1. The maximum absolute atomic E-state index is 14.9. The quantitative estimate of drug-likeness (QED) is 0.434. The molecule has 1 aromatic heterocycles. The van der Waals surface area contributed by atoms with Crippen LogP contribution in [0.3, 0.4) is 0 Å². The highest BCUT2D eigenvalue weighted by molar-refractivity contribution is 5.87. The van der Waals surface area contributed by atoms with Crippen molar-refractivity contribution in [2.45, 2.75) is 57.2 Å². The number of ether oxygens (including phenoxy) is 1. The molecule has 1 aromatic carbocycles. The lowest BCUT2D eigenvalue weighted by molar-refractivity contribution is -0.128. The summed E-state index contributed by atoms with van der Waals surface area (Å²) in [6, 6.07) is 8.03. The number of benzene rings is 1. The SMILES string of the molecule is C=CC(=O)N1CCN(c2c(C#N)c(OC[C@@H]3CCCN3C)nc3c2CCN(c2ccc(F)c4c2N(C)CCC4)C3)C[C@@H]1CC#N. The number of pyridine rings is 1. The molecule has 0 aliphatic carbocycles. The Morgan fingerprint density at radius 1 is 1.07 bits per heavy atom. The van der Waals surface area contributed by atoms with Crippen LogP contribution in [0.4, 0.5) is 21.5 Å². The third kappa shape index (κ3) is 5.78. The van der Waals surface area contributed by atoms with Crippen LogP contribution in [-0.2, 0) is 24.2 Å². The second kappa shape index (κ2) is 12.9. The number of rotatable bonds is 7. The number of nitriles is 2. The number of carbonyl (C=O) groups excluding carboxylic acids is 1. The van der Waals surface area contributed by atoms with Crippen molar-refractivity contribution in [2.75, 3.05) is 74.7 Å². The van der Waals surface area contributed by atoms with E-state index < -0.39 is 0 Å². The van der Waals surface area contributed by atoms with E-state index in [4.69, 9.17) is 9.72 Å². The lowest BCUT2D eigenvalue weighted by Gasteiger charge is -2.43. The summed E-state index contributed by atoms with van der Waals surface area (Å²) in [5, 5.41) is 20.1. The van der Waals surface area contributed by atoms with E-state index in [1.54, 1.807) is 11.0 Å². The molecule has 10 nitrogen and oxygen atoms in total. The van der Waals surface area contributed by atoms with Gasteiger partial charge in [-0.25, -0.2) is 9.37 Å². The standard InChI is InChI=1S/C34H41FN8O2/c1-4-31(44)43-18-17-42(20-23(43)11-13-36)32-26-12-16-41(30-10-9-28(35)25-8-6-15-40(3)33(25)30)21-29(26)38-34(27(32)19-37)45-22-24-7-5-14-39(24)2/h4,9-10,23-24H,1,5-8,11-12,14-18,20-22H2,2-3H3/t23-,24-/m0/s1. The fourth-order valence-electron chi connectivity index (χ4n) is 7.53. The molecule has 5 heterocycles. The van der Waals surface area contributed by atoms with Gasteiger partial charge in [-0.1, -0.05) is 6.58 Å². The Kier molecular flexibility index (Phi) is 8.82.